The van der Waals surface area contributed by atoms with E-state index in [1.807, 2.05) is 18.2 Å². The third kappa shape index (κ3) is 3.14. The van der Waals surface area contributed by atoms with Crippen LogP contribution in [0.3, 0.4) is 0 Å². The molecular weight excluding hydrogens is 416 g/mol. The van der Waals surface area contributed by atoms with Crippen molar-refractivity contribution in [1.29, 1.82) is 0 Å². The summed E-state index contributed by atoms with van der Waals surface area (Å²) in [6.45, 7) is 0.382. The molecule has 1 aliphatic heterocycles. The third-order valence-corrected chi connectivity index (χ3v) is 7.21. The van der Waals surface area contributed by atoms with Gasteiger partial charge in [0.2, 0.25) is 0 Å². The first-order valence-corrected chi connectivity index (χ1v) is 11.2. The number of aromatic amines is 1. The van der Waals surface area contributed by atoms with Crippen LogP contribution in [-0.2, 0) is 16.4 Å². The van der Waals surface area contributed by atoms with Crippen molar-refractivity contribution in [2.75, 3.05) is 10.8 Å². The molecule has 4 aromatic rings. The SMILES string of the molecule is O=c1[nH]c(=O)n(-c2cccc(S(=O)(=O)N3CCCc4ccccc43)c2)c2ncccc12. The van der Waals surface area contributed by atoms with Crippen molar-refractivity contribution in [2.24, 2.45) is 0 Å². The highest BCUT2D eigenvalue weighted by atomic mass is 32.2. The van der Waals surface area contributed by atoms with Crippen LogP contribution < -0.4 is 15.6 Å². The Balaban J connectivity index is 1.68. The zero-order valence-corrected chi connectivity index (χ0v) is 17.2. The zero-order valence-electron chi connectivity index (χ0n) is 16.4. The summed E-state index contributed by atoms with van der Waals surface area (Å²) in [5.74, 6) is 0. The standard InChI is InChI=1S/C22H18N4O4S/c27-21-18-10-4-12-23-20(18)26(22(28)24-21)16-8-3-9-17(14-16)31(29,30)25-13-5-7-15-6-1-2-11-19(15)25/h1-4,6,8-12,14H,5,7,13H2,(H,24,27,28). The van der Waals surface area contributed by atoms with Crippen molar-refractivity contribution in [3.8, 4) is 5.69 Å². The van der Waals surface area contributed by atoms with Gasteiger partial charge in [-0.05, 0) is 54.8 Å². The first-order valence-electron chi connectivity index (χ1n) is 9.78. The predicted molar refractivity (Wildman–Crippen MR) is 117 cm³/mol. The fourth-order valence-corrected chi connectivity index (χ4v) is 5.55. The van der Waals surface area contributed by atoms with Crippen LogP contribution in [0.2, 0.25) is 0 Å². The molecule has 156 valence electrons. The first kappa shape index (κ1) is 19.3. The molecule has 0 saturated heterocycles. The molecule has 0 radical (unpaired) electrons. The zero-order chi connectivity index (χ0) is 21.6. The number of benzene rings is 2. The minimum absolute atomic E-state index is 0.0592. The number of hydrogen-bond donors (Lipinski definition) is 1. The monoisotopic (exact) mass is 434 g/mol. The van der Waals surface area contributed by atoms with Crippen LogP contribution in [0.25, 0.3) is 16.7 Å². The maximum absolute atomic E-state index is 13.5. The van der Waals surface area contributed by atoms with Crippen molar-refractivity contribution in [1.82, 2.24) is 14.5 Å². The maximum Gasteiger partial charge on any atom is 0.334 e. The largest absolute Gasteiger partial charge is 0.334 e. The Bertz CT molecular complexity index is 1540. The lowest BCUT2D eigenvalue weighted by atomic mass is 10.0. The van der Waals surface area contributed by atoms with Gasteiger partial charge in [-0.25, -0.2) is 22.8 Å². The Morgan fingerprint density at radius 2 is 1.81 bits per heavy atom. The molecule has 0 amide bonds. The Morgan fingerprint density at radius 3 is 2.68 bits per heavy atom. The summed E-state index contributed by atoms with van der Waals surface area (Å²) in [7, 11) is -3.85. The molecule has 0 saturated carbocycles. The van der Waals surface area contributed by atoms with Gasteiger partial charge >= 0.3 is 5.69 Å². The number of sulfonamides is 1. The maximum atomic E-state index is 13.5. The molecule has 9 heteroatoms. The van der Waals surface area contributed by atoms with Gasteiger partial charge in [0.1, 0.15) is 0 Å². The molecule has 8 nitrogen and oxygen atoms in total. The van der Waals surface area contributed by atoms with Crippen LogP contribution in [0.15, 0.2) is 81.3 Å². The Hall–Kier alpha value is -3.72. The quantitative estimate of drug-likeness (QED) is 0.532. The summed E-state index contributed by atoms with van der Waals surface area (Å²) in [6.07, 6.45) is 3.03. The summed E-state index contributed by atoms with van der Waals surface area (Å²) < 4.78 is 29.6. The number of hydrogen-bond acceptors (Lipinski definition) is 5. The van der Waals surface area contributed by atoms with E-state index in [1.165, 1.54) is 27.2 Å². The molecular formula is C22H18N4O4S. The van der Waals surface area contributed by atoms with Crippen LogP contribution in [-0.4, -0.2) is 29.5 Å². The van der Waals surface area contributed by atoms with Crippen molar-refractivity contribution < 1.29 is 8.42 Å². The molecule has 2 aromatic carbocycles. The van der Waals surface area contributed by atoms with Crippen LogP contribution in [0.4, 0.5) is 5.69 Å². The van der Waals surface area contributed by atoms with E-state index < -0.39 is 21.3 Å². The van der Waals surface area contributed by atoms with Gasteiger partial charge in [-0.15, -0.1) is 0 Å². The van der Waals surface area contributed by atoms with E-state index in [4.69, 9.17) is 0 Å². The summed E-state index contributed by atoms with van der Waals surface area (Å²) in [6, 6.07) is 16.7. The smallest absolute Gasteiger partial charge is 0.273 e. The molecule has 0 aliphatic carbocycles. The molecule has 3 heterocycles. The highest BCUT2D eigenvalue weighted by Crippen LogP contribution is 2.32. The third-order valence-electron chi connectivity index (χ3n) is 5.40. The lowest BCUT2D eigenvalue weighted by Gasteiger charge is -2.30. The fraction of sp³-hybridized carbons (Fsp3) is 0.136. The average Bonchev–Trinajstić information content (AvgIpc) is 2.79. The number of aryl methyl sites for hydroxylation is 1. The van der Waals surface area contributed by atoms with E-state index in [0.717, 1.165) is 18.4 Å². The lowest BCUT2D eigenvalue weighted by Crippen LogP contribution is -2.35. The molecule has 0 fully saturated rings. The Morgan fingerprint density at radius 1 is 0.968 bits per heavy atom. The average molecular weight is 434 g/mol. The van der Waals surface area contributed by atoms with E-state index in [1.54, 1.807) is 30.3 Å². The second kappa shape index (κ2) is 7.21. The molecule has 2 aromatic heterocycles. The fourth-order valence-electron chi connectivity index (χ4n) is 3.97. The lowest BCUT2D eigenvalue weighted by molar-refractivity contribution is 0.586. The van der Waals surface area contributed by atoms with Crippen LogP contribution in [0.5, 0.6) is 0 Å². The first-order chi connectivity index (χ1) is 15.0. The number of fused-ring (bicyclic) bond motifs is 2. The van der Waals surface area contributed by atoms with Crippen molar-refractivity contribution in [3.63, 3.8) is 0 Å². The Kier molecular flexibility index (Phi) is 4.48. The van der Waals surface area contributed by atoms with E-state index in [9.17, 15) is 18.0 Å². The molecule has 0 spiro atoms. The highest BCUT2D eigenvalue weighted by Gasteiger charge is 2.29. The van der Waals surface area contributed by atoms with Gasteiger partial charge in [-0.1, -0.05) is 24.3 Å². The minimum Gasteiger partial charge on any atom is -0.273 e. The van der Waals surface area contributed by atoms with Crippen molar-refractivity contribution in [2.45, 2.75) is 17.7 Å². The molecule has 0 atom stereocenters. The van der Waals surface area contributed by atoms with Gasteiger partial charge in [0, 0.05) is 12.7 Å². The van der Waals surface area contributed by atoms with E-state index in [-0.39, 0.29) is 15.9 Å². The van der Waals surface area contributed by atoms with Gasteiger partial charge < -0.3 is 0 Å². The van der Waals surface area contributed by atoms with Gasteiger partial charge in [-0.3, -0.25) is 14.1 Å². The second-order valence-corrected chi connectivity index (χ2v) is 9.14. The molecule has 0 bridgehead atoms. The van der Waals surface area contributed by atoms with Gasteiger partial charge in [0.15, 0.2) is 5.65 Å². The number of anilines is 1. The Labute approximate surface area is 177 Å². The van der Waals surface area contributed by atoms with Crippen LogP contribution >= 0.6 is 0 Å². The number of aromatic nitrogens is 3. The van der Waals surface area contributed by atoms with E-state index >= 15 is 0 Å². The van der Waals surface area contributed by atoms with E-state index in [0.29, 0.717) is 17.9 Å². The number of H-pyrrole nitrogens is 1. The molecule has 1 aliphatic rings. The summed E-state index contributed by atoms with van der Waals surface area (Å²) in [4.78, 5) is 31.2. The van der Waals surface area contributed by atoms with E-state index in [2.05, 4.69) is 9.97 Å². The summed E-state index contributed by atoms with van der Waals surface area (Å²) in [5.41, 5.74) is 0.894. The number of pyridine rings is 1. The summed E-state index contributed by atoms with van der Waals surface area (Å²) in [5, 5.41) is 0.236. The molecule has 1 N–H and O–H groups in total. The van der Waals surface area contributed by atoms with Gasteiger partial charge in [0.05, 0.1) is 21.7 Å². The van der Waals surface area contributed by atoms with Crippen molar-refractivity contribution >= 4 is 26.7 Å². The number of nitrogens with one attached hydrogen (secondary N) is 1. The molecule has 0 unspecified atom stereocenters. The topological polar surface area (TPSA) is 105 Å². The number of rotatable bonds is 3. The summed E-state index contributed by atoms with van der Waals surface area (Å²) >= 11 is 0. The van der Waals surface area contributed by atoms with Crippen LogP contribution in [0.1, 0.15) is 12.0 Å². The van der Waals surface area contributed by atoms with Crippen molar-refractivity contribution in [3.05, 3.63) is 93.3 Å². The normalized spacial score (nSPS) is 13.9. The second-order valence-electron chi connectivity index (χ2n) is 7.28. The highest BCUT2D eigenvalue weighted by molar-refractivity contribution is 7.92. The number of nitrogens with zero attached hydrogens (tertiary/aromatic N) is 3. The molecule has 31 heavy (non-hydrogen) atoms. The van der Waals surface area contributed by atoms with Gasteiger partial charge in [0.25, 0.3) is 15.6 Å². The number of para-hydroxylation sites is 1. The van der Waals surface area contributed by atoms with Gasteiger partial charge in [-0.2, -0.15) is 0 Å². The predicted octanol–water partition coefficient (Wildman–Crippen LogP) is 2.22. The van der Waals surface area contributed by atoms with Crippen LogP contribution in [0, 0.1) is 0 Å². The minimum atomic E-state index is -3.85. The molecule has 5 rings (SSSR count).